The second kappa shape index (κ2) is 6.97. The van der Waals surface area contributed by atoms with Crippen LogP contribution < -0.4 is 5.32 Å². The average Bonchev–Trinajstić information content (AvgIpc) is 2.83. The van der Waals surface area contributed by atoms with Crippen LogP contribution in [-0.4, -0.2) is 29.6 Å². The van der Waals surface area contributed by atoms with E-state index in [1.807, 2.05) is 37.6 Å². The fourth-order valence-corrected chi connectivity index (χ4v) is 1.90. The summed E-state index contributed by atoms with van der Waals surface area (Å²) in [4.78, 5) is 23.8. The van der Waals surface area contributed by atoms with Crippen molar-refractivity contribution in [1.82, 2.24) is 9.88 Å². The number of aryl methyl sites for hydroxylation is 1. The number of hydrogen-bond donors (Lipinski definition) is 1. The van der Waals surface area contributed by atoms with Gasteiger partial charge in [0.1, 0.15) is 11.7 Å². The lowest BCUT2D eigenvalue weighted by atomic mass is 10.0. The second-order valence-corrected chi connectivity index (χ2v) is 4.81. The lowest BCUT2D eigenvalue weighted by molar-refractivity contribution is -0.144. The second-order valence-electron chi connectivity index (χ2n) is 4.81. The first kappa shape index (κ1) is 15.3. The van der Waals surface area contributed by atoms with E-state index in [2.05, 4.69) is 5.32 Å². The summed E-state index contributed by atoms with van der Waals surface area (Å²) in [6.07, 6.45) is 2.81. The van der Waals surface area contributed by atoms with E-state index in [0.717, 1.165) is 13.0 Å². The summed E-state index contributed by atoms with van der Waals surface area (Å²) in [5.41, 5.74) is 0.566. The predicted octanol–water partition coefficient (Wildman–Crippen LogP) is 1.83. The molecule has 0 fully saturated rings. The molecule has 0 bridgehead atoms. The number of carbonyl (C=O) groups is 2. The third-order valence-corrected chi connectivity index (χ3v) is 2.94. The Morgan fingerprint density at radius 1 is 1.42 bits per heavy atom. The highest BCUT2D eigenvalue weighted by Crippen LogP contribution is 2.08. The van der Waals surface area contributed by atoms with Crippen LogP contribution in [0.5, 0.6) is 0 Å². The molecule has 0 aliphatic heterocycles. The molecule has 0 saturated carbocycles. The molecule has 1 heterocycles. The average molecular weight is 266 g/mol. The first-order valence-corrected chi connectivity index (χ1v) is 6.55. The molecule has 1 aromatic rings. The van der Waals surface area contributed by atoms with Crippen molar-refractivity contribution in [1.29, 1.82) is 0 Å². The molecule has 0 aromatic carbocycles. The van der Waals surface area contributed by atoms with E-state index < -0.39 is 12.0 Å². The van der Waals surface area contributed by atoms with Crippen molar-refractivity contribution >= 4 is 11.9 Å². The summed E-state index contributed by atoms with van der Waals surface area (Å²) in [7, 11) is 1.32. The highest BCUT2D eigenvalue weighted by molar-refractivity contribution is 5.95. The van der Waals surface area contributed by atoms with Crippen molar-refractivity contribution in [3.63, 3.8) is 0 Å². The van der Waals surface area contributed by atoms with Gasteiger partial charge in [0.15, 0.2) is 0 Å². The Balaban J connectivity index is 2.82. The summed E-state index contributed by atoms with van der Waals surface area (Å²) in [5.74, 6) is -0.689. The lowest BCUT2D eigenvalue weighted by Gasteiger charge is -2.20. The first-order chi connectivity index (χ1) is 9.01. The van der Waals surface area contributed by atoms with Gasteiger partial charge in [0.2, 0.25) is 0 Å². The molecular formula is C14H22N2O3. The number of esters is 1. The minimum atomic E-state index is -0.623. The number of aromatic nitrogens is 1. The lowest BCUT2D eigenvalue weighted by Crippen LogP contribution is -2.45. The van der Waals surface area contributed by atoms with Gasteiger partial charge in [-0.05, 0) is 24.5 Å². The number of amides is 1. The number of rotatable bonds is 6. The highest BCUT2D eigenvalue weighted by atomic mass is 16.5. The molecule has 1 amide bonds. The normalized spacial score (nSPS) is 12.3. The summed E-state index contributed by atoms with van der Waals surface area (Å²) < 4.78 is 6.59. The Labute approximate surface area is 113 Å². The van der Waals surface area contributed by atoms with E-state index in [1.165, 1.54) is 7.11 Å². The summed E-state index contributed by atoms with van der Waals surface area (Å²) in [6.45, 7) is 6.56. The predicted molar refractivity (Wildman–Crippen MR) is 72.8 cm³/mol. The van der Waals surface area contributed by atoms with Crippen LogP contribution in [0.3, 0.4) is 0 Å². The standard InChI is InChI=1S/C14H22N2O3/c1-5-8-16-9-6-7-11(16)13(17)15-12(10(2)3)14(18)19-4/h6-7,9-10,12H,5,8H2,1-4H3,(H,15,17). The zero-order valence-corrected chi connectivity index (χ0v) is 12.0. The zero-order chi connectivity index (χ0) is 14.4. The number of hydrogen-bond acceptors (Lipinski definition) is 3. The minimum Gasteiger partial charge on any atom is -0.467 e. The van der Waals surface area contributed by atoms with Crippen LogP contribution in [0.1, 0.15) is 37.7 Å². The maximum Gasteiger partial charge on any atom is 0.328 e. The Morgan fingerprint density at radius 3 is 2.63 bits per heavy atom. The van der Waals surface area contributed by atoms with Crippen LogP contribution in [0.2, 0.25) is 0 Å². The van der Waals surface area contributed by atoms with Gasteiger partial charge in [-0.3, -0.25) is 4.79 Å². The largest absolute Gasteiger partial charge is 0.467 e. The molecule has 1 aromatic heterocycles. The van der Waals surface area contributed by atoms with Gasteiger partial charge in [-0.1, -0.05) is 20.8 Å². The van der Waals surface area contributed by atoms with Crippen LogP contribution in [0.4, 0.5) is 0 Å². The van der Waals surface area contributed by atoms with E-state index in [-0.39, 0.29) is 11.8 Å². The molecule has 0 spiro atoms. The Kier molecular flexibility index (Phi) is 5.60. The van der Waals surface area contributed by atoms with E-state index in [0.29, 0.717) is 5.69 Å². The van der Waals surface area contributed by atoms with Gasteiger partial charge in [-0.15, -0.1) is 0 Å². The van der Waals surface area contributed by atoms with Crippen molar-refractivity contribution in [3.8, 4) is 0 Å². The van der Waals surface area contributed by atoms with Gasteiger partial charge in [0.25, 0.3) is 5.91 Å². The van der Waals surface area contributed by atoms with Crippen molar-refractivity contribution in [2.75, 3.05) is 7.11 Å². The van der Waals surface area contributed by atoms with Crippen LogP contribution >= 0.6 is 0 Å². The molecule has 0 aliphatic rings. The van der Waals surface area contributed by atoms with Crippen molar-refractivity contribution < 1.29 is 14.3 Å². The summed E-state index contributed by atoms with van der Waals surface area (Å²) in [5, 5.41) is 2.73. The molecule has 5 nitrogen and oxygen atoms in total. The monoisotopic (exact) mass is 266 g/mol. The van der Waals surface area contributed by atoms with Gasteiger partial charge in [-0.2, -0.15) is 0 Å². The van der Waals surface area contributed by atoms with Crippen molar-refractivity contribution in [2.24, 2.45) is 5.92 Å². The van der Waals surface area contributed by atoms with Crippen LogP contribution in [-0.2, 0) is 16.1 Å². The van der Waals surface area contributed by atoms with E-state index in [9.17, 15) is 9.59 Å². The van der Waals surface area contributed by atoms with Gasteiger partial charge < -0.3 is 14.6 Å². The van der Waals surface area contributed by atoms with Crippen molar-refractivity contribution in [3.05, 3.63) is 24.0 Å². The topological polar surface area (TPSA) is 60.3 Å². The number of methoxy groups -OCH3 is 1. The van der Waals surface area contributed by atoms with E-state index in [1.54, 1.807) is 6.07 Å². The number of nitrogens with one attached hydrogen (secondary N) is 1. The number of carbonyl (C=O) groups excluding carboxylic acids is 2. The fraction of sp³-hybridized carbons (Fsp3) is 0.571. The summed E-state index contributed by atoms with van der Waals surface area (Å²) in [6, 6.07) is 2.95. The number of ether oxygens (including phenoxy) is 1. The van der Waals surface area contributed by atoms with Gasteiger partial charge >= 0.3 is 5.97 Å². The van der Waals surface area contributed by atoms with Gasteiger partial charge in [-0.25, -0.2) is 4.79 Å². The Hall–Kier alpha value is -1.78. The molecule has 19 heavy (non-hydrogen) atoms. The highest BCUT2D eigenvalue weighted by Gasteiger charge is 2.26. The fourth-order valence-electron chi connectivity index (χ4n) is 1.90. The first-order valence-electron chi connectivity index (χ1n) is 6.55. The van der Waals surface area contributed by atoms with Crippen LogP contribution in [0.25, 0.3) is 0 Å². The quantitative estimate of drug-likeness (QED) is 0.799. The maximum atomic E-state index is 12.2. The van der Waals surface area contributed by atoms with Gasteiger partial charge in [0, 0.05) is 12.7 Å². The van der Waals surface area contributed by atoms with E-state index >= 15 is 0 Å². The summed E-state index contributed by atoms with van der Waals surface area (Å²) >= 11 is 0. The molecule has 106 valence electrons. The third-order valence-electron chi connectivity index (χ3n) is 2.94. The molecule has 1 unspecified atom stereocenters. The Bertz CT molecular complexity index is 438. The molecule has 0 aliphatic carbocycles. The molecule has 5 heteroatoms. The number of nitrogens with zero attached hydrogens (tertiary/aromatic N) is 1. The molecule has 1 rings (SSSR count). The van der Waals surface area contributed by atoms with Crippen LogP contribution in [0.15, 0.2) is 18.3 Å². The van der Waals surface area contributed by atoms with E-state index in [4.69, 9.17) is 4.74 Å². The zero-order valence-electron chi connectivity index (χ0n) is 12.0. The van der Waals surface area contributed by atoms with Gasteiger partial charge in [0.05, 0.1) is 7.11 Å². The molecular weight excluding hydrogens is 244 g/mol. The SMILES string of the molecule is CCCn1cccc1C(=O)NC(C(=O)OC)C(C)C. The smallest absolute Gasteiger partial charge is 0.328 e. The molecule has 0 radical (unpaired) electrons. The van der Waals surface area contributed by atoms with Crippen LogP contribution in [0, 0.1) is 5.92 Å². The Morgan fingerprint density at radius 2 is 2.11 bits per heavy atom. The van der Waals surface area contributed by atoms with Crippen molar-refractivity contribution in [2.45, 2.75) is 39.8 Å². The maximum absolute atomic E-state index is 12.2. The molecule has 1 N–H and O–H groups in total. The minimum absolute atomic E-state index is 0.0222. The molecule has 0 saturated heterocycles. The molecule has 1 atom stereocenters. The third kappa shape index (κ3) is 3.84.